The average molecular weight is 340 g/mol. The van der Waals surface area contributed by atoms with E-state index in [9.17, 15) is 4.79 Å². The molecule has 0 aliphatic carbocycles. The summed E-state index contributed by atoms with van der Waals surface area (Å²) in [5.74, 6) is -0.220. The number of carbonyl (C=O) groups excluding carboxylic acids is 1. The SMILES string of the molecule is CCOC(=O)[C@@H](Cc1ccccc1)NCc1nc2ccccc2s1. The molecular formula is C19H20N2O2S. The molecule has 1 heterocycles. The number of thiazole rings is 1. The molecule has 0 fully saturated rings. The van der Waals surface area contributed by atoms with Gasteiger partial charge in [-0.3, -0.25) is 10.1 Å². The lowest BCUT2D eigenvalue weighted by Crippen LogP contribution is -2.39. The van der Waals surface area contributed by atoms with E-state index in [2.05, 4.69) is 16.4 Å². The van der Waals surface area contributed by atoms with Gasteiger partial charge in [0.05, 0.1) is 16.8 Å². The molecule has 0 aliphatic rings. The number of nitrogens with one attached hydrogen (secondary N) is 1. The van der Waals surface area contributed by atoms with E-state index in [-0.39, 0.29) is 12.0 Å². The molecule has 0 spiro atoms. The topological polar surface area (TPSA) is 51.2 Å². The van der Waals surface area contributed by atoms with Crippen LogP contribution < -0.4 is 5.32 Å². The van der Waals surface area contributed by atoms with Crippen LogP contribution in [0.2, 0.25) is 0 Å². The highest BCUT2D eigenvalue weighted by molar-refractivity contribution is 7.18. The molecule has 1 N–H and O–H groups in total. The summed E-state index contributed by atoms with van der Waals surface area (Å²) >= 11 is 1.64. The minimum absolute atomic E-state index is 0.220. The third-order valence-electron chi connectivity index (χ3n) is 3.69. The summed E-state index contributed by atoms with van der Waals surface area (Å²) < 4.78 is 6.36. The number of esters is 1. The van der Waals surface area contributed by atoms with Crippen LogP contribution in [0.15, 0.2) is 54.6 Å². The van der Waals surface area contributed by atoms with Gasteiger partial charge in [0.25, 0.3) is 0 Å². The highest BCUT2D eigenvalue weighted by Gasteiger charge is 2.20. The van der Waals surface area contributed by atoms with Gasteiger partial charge in [-0.15, -0.1) is 11.3 Å². The van der Waals surface area contributed by atoms with Gasteiger partial charge in [0, 0.05) is 6.54 Å². The lowest BCUT2D eigenvalue weighted by atomic mass is 10.1. The van der Waals surface area contributed by atoms with E-state index in [1.54, 1.807) is 11.3 Å². The lowest BCUT2D eigenvalue weighted by molar-refractivity contribution is -0.145. The zero-order valence-electron chi connectivity index (χ0n) is 13.6. The number of benzene rings is 2. The molecule has 1 aromatic heterocycles. The maximum atomic E-state index is 12.2. The number of aromatic nitrogens is 1. The molecule has 0 amide bonds. The van der Waals surface area contributed by atoms with Crippen LogP contribution in [-0.2, 0) is 22.5 Å². The van der Waals surface area contributed by atoms with Crippen LogP contribution in [-0.4, -0.2) is 23.6 Å². The first-order chi connectivity index (χ1) is 11.8. The molecule has 3 rings (SSSR count). The second-order valence-electron chi connectivity index (χ2n) is 5.45. The molecule has 0 aliphatic heterocycles. The van der Waals surface area contributed by atoms with Gasteiger partial charge in [-0.1, -0.05) is 42.5 Å². The molecule has 2 aromatic carbocycles. The zero-order valence-corrected chi connectivity index (χ0v) is 14.4. The Kier molecular flexibility index (Phi) is 5.56. The highest BCUT2D eigenvalue weighted by atomic mass is 32.1. The molecule has 5 heteroatoms. The van der Waals surface area contributed by atoms with Gasteiger partial charge in [0.2, 0.25) is 0 Å². The predicted molar refractivity (Wildman–Crippen MR) is 97.0 cm³/mol. The van der Waals surface area contributed by atoms with Crippen LogP contribution >= 0.6 is 11.3 Å². The van der Waals surface area contributed by atoms with E-state index in [1.165, 1.54) is 0 Å². The van der Waals surface area contributed by atoms with E-state index < -0.39 is 0 Å². The lowest BCUT2D eigenvalue weighted by Gasteiger charge is -2.16. The van der Waals surface area contributed by atoms with Gasteiger partial charge >= 0.3 is 5.97 Å². The summed E-state index contributed by atoms with van der Waals surface area (Å²) in [7, 11) is 0. The number of ether oxygens (including phenoxy) is 1. The maximum absolute atomic E-state index is 12.2. The van der Waals surface area contributed by atoms with Crippen molar-refractivity contribution in [3.63, 3.8) is 0 Å². The van der Waals surface area contributed by atoms with Gasteiger partial charge in [0.15, 0.2) is 0 Å². The van der Waals surface area contributed by atoms with Gasteiger partial charge in [0.1, 0.15) is 11.0 Å². The van der Waals surface area contributed by atoms with Crippen molar-refractivity contribution in [1.29, 1.82) is 0 Å². The molecule has 3 aromatic rings. The first kappa shape index (κ1) is 16.6. The minimum atomic E-state index is -0.376. The van der Waals surface area contributed by atoms with Crippen molar-refractivity contribution in [2.45, 2.75) is 25.9 Å². The van der Waals surface area contributed by atoms with Crippen LogP contribution in [0.25, 0.3) is 10.2 Å². The van der Waals surface area contributed by atoms with Crippen molar-refractivity contribution in [2.24, 2.45) is 0 Å². The summed E-state index contributed by atoms with van der Waals surface area (Å²) in [5.41, 5.74) is 2.10. The number of hydrogen-bond acceptors (Lipinski definition) is 5. The first-order valence-corrected chi connectivity index (χ1v) is 8.86. The van der Waals surface area contributed by atoms with Crippen LogP contribution in [0, 0.1) is 0 Å². The van der Waals surface area contributed by atoms with E-state index in [0.717, 1.165) is 20.8 Å². The fraction of sp³-hybridized carbons (Fsp3) is 0.263. The Morgan fingerprint density at radius 1 is 1.17 bits per heavy atom. The molecule has 4 nitrogen and oxygen atoms in total. The van der Waals surface area contributed by atoms with Crippen LogP contribution in [0.3, 0.4) is 0 Å². The normalized spacial score (nSPS) is 12.2. The standard InChI is InChI=1S/C19H20N2O2S/c1-2-23-19(22)16(12-14-8-4-3-5-9-14)20-13-18-21-15-10-6-7-11-17(15)24-18/h3-11,16,20H,2,12-13H2,1H3/t16-/m1/s1. The number of carbonyl (C=O) groups is 1. The van der Waals surface area contributed by atoms with Crippen molar-refractivity contribution < 1.29 is 9.53 Å². The summed E-state index contributed by atoms with van der Waals surface area (Å²) in [6, 6.07) is 17.6. The largest absolute Gasteiger partial charge is 0.465 e. The molecule has 1 atom stereocenters. The Bertz CT molecular complexity index is 768. The maximum Gasteiger partial charge on any atom is 0.323 e. The quantitative estimate of drug-likeness (QED) is 0.668. The smallest absolute Gasteiger partial charge is 0.323 e. The monoisotopic (exact) mass is 340 g/mol. The molecule has 0 unspecified atom stereocenters. The average Bonchev–Trinajstić information content (AvgIpc) is 3.02. The zero-order chi connectivity index (χ0) is 16.8. The number of fused-ring (bicyclic) bond motifs is 1. The molecule has 24 heavy (non-hydrogen) atoms. The Morgan fingerprint density at radius 3 is 2.67 bits per heavy atom. The molecule has 0 saturated heterocycles. The van der Waals surface area contributed by atoms with E-state index in [4.69, 9.17) is 4.74 Å². The van der Waals surface area contributed by atoms with Gasteiger partial charge in [-0.25, -0.2) is 4.98 Å². The Hall–Kier alpha value is -2.24. The minimum Gasteiger partial charge on any atom is -0.465 e. The fourth-order valence-corrected chi connectivity index (χ4v) is 3.46. The summed E-state index contributed by atoms with van der Waals surface area (Å²) in [4.78, 5) is 16.8. The molecule has 0 bridgehead atoms. The summed E-state index contributed by atoms with van der Waals surface area (Å²) in [6.07, 6.45) is 0.602. The third-order valence-corrected chi connectivity index (χ3v) is 4.73. The summed E-state index contributed by atoms with van der Waals surface area (Å²) in [5, 5.41) is 4.27. The van der Waals surface area contributed by atoms with Gasteiger partial charge in [-0.2, -0.15) is 0 Å². The van der Waals surface area contributed by atoms with Gasteiger partial charge in [-0.05, 0) is 31.0 Å². The summed E-state index contributed by atoms with van der Waals surface area (Å²) in [6.45, 7) is 2.76. The van der Waals surface area contributed by atoms with Crippen molar-refractivity contribution in [3.8, 4) is 0 Å². The first-order valence-electron chi connectivity index (χ1n) is 8.04. The van der Waals surface area contributed by atoms with Crippen molar-refractivity contribution >= 4 is 27.5 Å². The van der Waals surface area contributed by atoms with Crippen LogP contribution in [0.1, 0.15) is 17.5 Å². The number of rotatable bonds is 7. The van der Waals surface area contributed by atoms with Crippen molar-refractivity contribution in [3.05, 3.63) is 65.2 Å². The second kappa shape index (κ2) is 8.04. The van der Waals surface area contributed by atoms with E-state index in [0.29, 0.717) is 19.6 Å². The van der Waals surface area contributed by atoms with E-state index >= 15 is 0 Å². The third kappa shape index (κ3) is 4.19. The second-order valence-corrected chi connectivity index (χ2v) is 6.57. The Labute approximate surface area is 145 Å². The van der Waals surface area contributed by atoms with Crippen LogP contribution in [0.5, 0.6) is 0 Å². The Morgan fingerprint density at radius 2 is 1.92 bits per heavy atom. The van der Waals surface area contributed by atoms with Crippen LogP contribution in [0.4, 0.5) is 0 Å². The Balaban J connectivity index is 1.69. The number of hydrogen-bond donors (Lipinski definition) is 1. The highest BCUT2D eigenvalue weighted by Crippen LogP contribution is 2.21. The number of para-hydroxylation sites is 1. The fourth-order valence-electron chi connectivity index (χ4n) is 2.54. The predicted octanol–water partition coefficient (Wildman–Crippen LogP) is 3.56. The molecule has 0 radical (unpaired) electrons. The van der Waals surface area contributed by atoms with Crippen molar-refractivity contribution in [2.75, 3.05) is 6.61 Å². The van der Waals surface area contributed by atoms with Gasteiger partial charge < -0.3 is 4.74 Å². The van der Waals surface area contributed by atoms with E-state index in [1.807, 2.05) is 55.5 Å². The molecular weight excluding hydrogens is 320 g/mol. The molecule has 124 valence electrons. The van der Waals surface area contributed by atoms with Crippen molar-refractivity contribution in [1.82, 2.24) is 10.3 Å². The molecule has 0 saturated carbocycles. The number of nitrogens with zero attached hydrogens (tertiary/aromatic N) is 1.